The van der Waals surface area contributed by atoms with E-state index in [1.165, 1.54) is 6.21 Å². The summed E-state index contributed by atoms with van der Waals surface area (Å²) in [5.74, 6) is -1.39. The molecule has 0 aliphatic rings. The second-order valence-corrected chi connectivity index (χ2v) is 7.14. The van der Waals surface area contributed by atoms with Crippen LogP contribution in [-0.2, 0) is 20.9 Å². The number of carbonyl (C=O) groups excluding carboxylic acids is 3. The maximum absolute atomic E-state index is 11.9. The van der Waals surface area contributed by atoms with Crippen molar-refractivity contribution in [3.63, 3.8) is 0 Å². The van der Waals surface area contributed by atoms with E-state index in [2.05, 4.69) is 21.2 Å². The lowest BCUT2D eigenvalue weighted by Gasteiger charge is -2.07. The van der Waals surface area contributed by atoms with Crippen LogP contribution in [0.3, 0.4) is 0 Å². The molecule has 3 aromatic carbocycles. The molecule has 8 heteroatoms. The highest BCUT2D eigenvalue weighted by atomic mass is 16.5. The van der Waals surface area contributed by atoms with E-state index < -0.39 is 11.8 Å². The Morgan fingerprint density at radius 1 is 0.879 bits per heavy atom. The summed E-state index contributed by atoms with van der Waals surface area (Å²) < 4.78 is 5.46. The molecule has 8 nitrogen and oxygen atoms in total. The number of benzene rings is 3. The molecule has 3 rings (SSSR count). The third kappa shape index (κ3) is 7.95. The molecule has 0 fully saturated rings. The monoisotopic (exact) mass is 444 g/mol. The van der Waals surface area contributed by atoms with Crippen molar-refractivity contribution in [3.05, 3.63) is 95.6 Å². The van der Waals surface area contributed by atoms with Crippen LogP contribution in [0.4, 0.5) is 5.69 Å². The van der Waals surface area contributed by atoms with Crippen LogP contribution in [0.25, 0.3) is 0 Å². The number of rotatable bonds is 8. The van der Waals surface area contributed by atoms with Crippen LogP contribution in [0.15, 0.2) is 84.0 Å². The first-order valence-electron chi connectivity index (χ1n) is 10.2. The Morgan fingerprint density at radius 3 is 2.27 bits per heavy atom. The Morgan fingerprint density at radius 2 is 1.58 bits per heavy atom. The quantitative estimate of drug-likeness (QED) is 0.282. The van der Waals surface area contributed by atoms with E-state index in [0.29, 0.717) is 17.0 Å². The third-order valence-electron chi connectivity index (χ3n) is 4.47. The number of nitrogens with one attached hydrogen (secondary N) is 3. The minimum atomic E-state index is -0.859. The van der Waals surface area contributed by atoms with Crippen molar-refractivity contribution in [1.29, 1.82) is 0 Å². The van der Waals surface area contributed by atoms with Crippen LogP contribution in [0.1, 0.15) is 16.7 Å². The van der Waals surface area contributed by atoms with Crippen LogP contribution in [0.2, 0.25) is 0 Å². The van der Waals surface area contributed by atoms with Gasteiger partial charge >= 0.3 is 11.8 Å². The van der Waals surface area contributed by atoms with Gasteiger partial charge in [-0.1, -0.05) is 48.0 Å². The van der Waals surface area contributed by atoms with Gasteiger partial charge in [-0.2, -0.15) is 5.10 Å². The maximum atomic E-state index is 11.9. The van der Waals surface area contributed by atoms with Crippen molar-refractivity contribution < 1.29 is 19.1 Å². The molecule has 0 radical (unpaired) electrons. The van der Waals surface area contributed by atoms with Gasteiger partial charge in [0.1, 0.15) is 5.75 Å². The number of hydrogen-bond donors (Lipinski definition) is 3. The fraction of sp³-hybridized carbons (Fsp3) is 0.120. The van der Waals surface area contributed by atoms with Crippen LogP contribution in [-0.4, -0.2) is 30.5 Å². The highest BCUT2D eigenvalue weighted by Crippen LogP contribution is 2.11. The molecule has 0 unspecified atom stereocenters. The van der Waals surface area contributed by atoms with Gasteiger partial charge in [-0.3, -0.25) is 14.4 Å². The average Bonchev–Trinajstić information content (AvgIpc) is 2.83. The normalized spacial score (nSPS) is 10.5. The summed E-state index contributed by atoms with van der Waals surface area (Å²) in [6.45, 7) is 2.09. The van der Waals surface area contributed by atoms with Crippen molar-refractivity contribution in [2.24, 2.45) is 5.10 Å². The average molecular weight is 444 g/mol. The van der Waals surface area contributed by atoms with Crippen LogP contribution < -0.4 is 20.8 Å². The van der Waals surface area contributed by atoms with E-state index in [1.54, 1.807) is 36.4 Å². The van der Waals surface area contributed by atoms with Crippen molar-refractivity contribution in [2.75, 3.05) is 11.9 Å². The molecule has 0 spiro atoms. The first-order valence-corrected chi connectivity index (χ1v) is 10.2. The largest absolute Gasteiger partial charge is 0.484 e. The van der Waals surface area contributed by atoms with E-state index in [4.69, 9.17) is 4.74 Å². The van der Waals surface area contributed by atoms with Crippen LogP contribution >= 0.6 is 0 Å². The molecule has 33 heavy (non-hydrogen) atoms. The number of carbonyl (C=O) groups is 3. The van der Waals surface area contributed by atoms with Crippen molar-refractivity contribution in [1.82, 2.24) is 10.7 Å². The summed E-state index contributed by atoms with van der Waals surface area (Å²) in [4.78, 5) is 35.6. The van der Waals surface area contributed by atoms with Gasteiger partial charge in [0.15, 0.2) is 6.61 Å². The molecular formula is C25H24N4O4. The Balaban J connectivity index is 1.39. The highest BCUT2D eigenvalue weighted by molar-refractivity contribution is 6.35. The lowest BCUT2D eigenvalue weighted by atomic mass is 10.1. The molecule has 0 aromatic heterocycles. The van der Waals surface area contributed by atoms with Gasteiger partial charge in [-0.25, -0.2) is 5.43 Å². The second kappa shape index (κ2) is 11.8. The van der Waals surface area contributed by atoms with Crippen molar-refractivity contribution >= 4 is 29.6 Å². The molecule has 0 saturated carbocycles. The molecule has 0 heterocycles. The number of aryl methyl sites for hydroxylation is 1. The Bertz CT molecular complexity index is 1110. The van der Waals surface area contributed by atoms with E-state index in [-0.39, 0.29) is 19.1 Å². The fourth-order valence-electron chi connectivity index (χ4n) is 2.70. The number of amides is 3. The first kappa shape index (κ1) is 23.2. The minimum absolute atomic E-state index is 0.129. The predicted octanol–water partition coefficient (Wildman–Crippen LogP) is 2.78. The summed E-state index contributed by atoms with van der Waals surface area (Å²) in [7, 11) is 0. The zero-order valence-electron chi connectivity index (χ0n) is 18.1. The number of nitrogens with zero attached hydrogens (tertiary/aromatic N) is 1. The van der Waals surface area contributed by atoms with E-state index in [0.717, 1.165) is 11.1 Å². The maximum Gasteiger partial charge on any atom is 0.329 e. The van der Waals surface area contributed by atoms with Gasteiger partial charge in [0.2, 0.25) is 0 Å². The molecule has 168 valence electrons. The standard InChI is InChI=1S/C25H24N4O4/c1-18-7-9-19(10-8-18)15-26-24(31)25(32)29-27-16-20-11-13-22(14-12-20)33-17-23(30)28-21-5-3-2-4-6-21/h2-14,16H,15,17H2,1H3,(H,26,31)(H,28,30)(H,29,32)/b27-16-. The first-order chi connectivity index (χ1) is 16.0. The lowest BCUT2D eigenvalue weighted by Crippen LogP contribution is -2.37. The molecule has 3 amide bonds. The molecule has 0 bridgehead atoms. The van der Waals surface area contributed by atoms with Crippen LogP contribution in [0, 0.1) is 6.92 Å². The number of hydrogen-bond acceptors (Lipinski definition) is 5. The van der Waals surface area contributed by atoms with E-state index in [1.807, 2.05) is 49.4 Å². The smallest absolute Gasteiger partial charge is 0.329 e. The zero-order chi connectivity index (χ0) is 23.5. The number of hydrazone groups is 1. The topological polar surface area (TPSA) is 109 Å². The summed E-state index contributed by atoms with van der Waals surface area (Å²) in [5, 5.41) is 9.06. The van der Waals surface area contributed by atoms with Crippen molar-refractivity contribution in [2.45, 2.75) is 13.5 Å². The molecule has 3 aromatic rings. The fourth-order valence-corrected chi connectivity index (χ4v) is 2.70. The Labute approximate surface area is 191 Å². The summed E-state index contributed by atoms with van der Waals surface area (Å²) in [5.41, 5.74) is 5.57. The van der Waals surface area contributed by atoms with E-state index >= 15 is 0 Å². The van der Waals surface area contributed by atoms with Crippen LogP contribution in [0.5, 0.6) is 5.75 Å². The van der Waals surface area contributed by atoms with Gasteiger partial charge in [0.05, 0.1) is 6.21 Å². The summed E-state index contributed by atoms with van der Waals surface area (Å²) >= 11 is 0. The summed E-state index contributed by atoms with van der Waals surface area (Å²) in [6.07, 6.45) is 1.40. The lowest BCUT2D eigenvalue weighted by molar-refractivity contribution is -0.139. The van der Waals surface area contributed by atoms with Gasteiger partial charge < -0.3 is 15.4 Å². The molecule has 0 aliphatic carbocycles. The molecule has 0 saturated heterocycles. The molecular weight excluding hydrogens is 420 g/mol. The van der Waals surface area contributed by atoms with Gasteiger partial charge in [0.25, 0.3) is 5.91 Å². The Hall–Kier alpha value is -4.46. The van der Waals surface area contributed by atoms with E-state index in [9.17, 15) is 14.4 Å². The SMILES string of the molecule is Cc1ccc(CNC(=O)C(=O)N/N=C\c2ccc(OCC(=O)Nc3ccccc3)cc2)cc1. The van der Waals surface area contributed by atoms with Gasteiger partial charge in [-0.05, 0) is 54.4 Å². The Kier molecular flexibility index (Phi) is 8.30. The zero-order valence-corrected chi connectivity index (χ0v) is 18.1. The number of ether oxygens (including phenoxy) is 1. The van der Waals surface area contributed by atoms with Crippen molar-refractivity contribution in [3.8, 4) is 5.75 Å². The number of anilines is 1. The number of para-hydroxylation sites is 1. The summed E-state index contributed by atoms with van der Waals surface area (Å²) in [6, 6.07) is 23.5. The molecule has 0 atom stereocenters. The minimum Gasteiger partial charge on any atom is -0.484 e. The predicted molar refractivity (Wildman–Crippen MR) is 126 cm³/mol. The highest BCUT2D eigenvalue weighted by Gasteiger charge is 2.11. The molecule has 0 aliphatic heterocycles. The second-order valence-electron chi connectivity index (χ2n) is 7.14. The van der Waals surface area contributed by atoms with Gasteiger partial charge in [0, 0.05) is 12.2 Å². The van der Waals surface area contributed by atoms with Gasteiger partial charge in [-0.15, -0.1) is 0 Å². The third-order valence-corrected chi connectivity index (χ3v) is 4.47. The molecule has 3 N–H and O–H groups in total.